The Morgan fingerprint density at radius 1 is 1.16 bits per heavy atom. The van der Waals surface area contributed by atoms with Gasteiger partial charge in [0.25, 0.3) is 0 Å². The molecule has 1 heterocycles. The molecule has 0 bridgehead atoms. The van der Waals surface area contributed by atoms with Gasteiger partial charge in [-0.2, -0.15) is 0 Å². The van der Waals surface area contributed by atoms with Crippen LogP contribution in [0.4, 0.5) is 0 Å². The van der Waals surface area contributed by atoms with Crippen LogP contribution >= 0.6 is 12.4 Å². The van der Waals surface area contributed by atoms with Gasteiger partial charge in [-0.25, -0.2) is 0 Å². The average Bonchev–Trinajstić information content (AvgIpc) is 2.34. The molecule has 0 aromatic rings. The topological polar surface area (TPSA) is 70.2 Å². The molecule has 0 spiro atoms. The first-order valence-electron chi connectivity index (χ1n) is 6.70. The summed E-state index contributed by atoms with van der Waals surface area (Å²) < 4.78 is 0. The average molecular weight is 292 g/mol. The summed E-state index contributed by atoms with van der Waals surface area (Å²) in [6, 6.07) is -0.0583. The van der Waals surface area contributed by atoms with Crippen LogP contribution in [-0.2, 0) is 9.59 Å². The predicted octanol–water partition coefficient (Wildman–Crippen LogP) is 0.829. The third kappa shape index (κ3) is 6.78. The Labute approximate surface area is 121 Å². The fourth-order valence-electron chi connectivity index (χ4n) is 1.83. The minimum atomic E-state index is -0.380. The maximum atomic E-state index is 11.8. The molecule has 3 N–H and O–H groups in total. The summed E-state index contributed by atoms with van der Waals surface area (Å²) in [5.41, 5.74) is -0.380. The zero-order chi connectivity index (χ0) is 13.6. The highest BCUT2D eigenvalue weighted by Gasteiger charge is 2.21. The van der Waals surface area contributed by atoms with E-state index in [0.717, 1.165) is 25.8 Å². The molecule has 1 fully saturated rings. The van der Waals surface area contributed by atoms with E-state index in [1.807, 2.05) is 20.8 Å². The fraction of sp³-hybridized carbons (Fsp3) is 0.846. The van der Waals surface area contributed by atoms with Crippen molar-refractivity contribution < 1.29 is 9.59 Å². The van der Waals surface area contributed by atoms with E-state index in [-0.39, 0.29) is 35.7 Å². The molecule has 1 atom stereocenters. The lowest BCUT2D eigenvalue weighted by Crippen LogP contribution is -2.48. The molecular weight excluding hydrogens is 266 g/mol. The van der Waals surface area contributed by atoms with Crippen LogP contribution in [0, 0.1) is 5.41 Å². The number of halogens is 1. The summed E-state index contributed by atoms with van der Waals surface area (Å²) in [6.07, 6.45) is 3.15. The van der Waals surface area contributed by atoms with Gasteiger partial charge in [0.05, 0.1) is 6.04 Å². The summed E-state index contributed by atoms with van der Waals surface area (Å²) in [5.74, 6) is 0.0484. The molecule has 19 heavy (non-hydrogen) atoms. The monoisotopic (exact) mass is 291 g/mol. The van der Waals surface area contributed by atoms with E-state index < -0.39 is 0 Å². The summed E-state index contributed by atoms with van der Waals surface area (Å²) in [4.78, 5) is 23.3. The zero-order valence-electron chi connectivity index (χ0n) is 12.0. The van der Waals surface area contributed by atoms with Crippen molar-refractivity contribution in [2.75, 3.05) is 19.6 Å². The Bertz CT molecular complexity index is 297. The zero-order valence-corrected chi connectivity index (χ0v) is 12.9. The lowest BCUT2D eigenvalue weighted by molar-refractivity contribution is -0.129. The molecule has 0 aromatic carbocycles. The van der Waals surface area contributed by atoms with Crippen LogP contribution in [0.1, 0.15) is 40.0 Å². The molecule has 1 unspecified atom stereocenters. The summed E-state index contributed by atoms with van der Waals surface area (Å²) in [7, 11) is 0. The lowest BCUT2D eigenvalue weighted by Gasteiger charge is -2.23. The number of hydrogen-bond donors (Lipinski definition) is 3. The third-order valence-electron chi connectivity index (χ3n) is 3.02. The smallest absolute Gasteiger partial charge is 0.237 e. The van der Waals surface area contributed by atoms with Crippen molar-refractivity contribution in [1.29, 1.82) is 0 Å². The quantitative estimate of drug-likeness (QED) is 0.672. The molecule has 1 aliphatic heterocycles. The van der Waals surface area contributed by atoms with E-state index in [4.69, 9.17) is 0 Å². The number of amides is 2. The van der Waals surface area contributed by atoms with Gasteiger partial charge in [0, 0.05) is 18.5 Å². The Balaban J connectivity index is 0.00000324. The van der Waals surface area contributed by atoms with Crippen molar-refractivity contribution in [3.8, 4) is 0 Å². The van der Waals surface area contributed by atoms with E-state index in [2.05, 4.69) is 16.0 Å². The van der Waals surface area contributed by atoms with Crippen molar-refractivity contribution in [3.63, 3.8) is 0 Å². The standard InChI is InChI=1S/C13H25N3O2.ClH/c1-13(2,3)12(18)16-9-8-15-11(17)10-6-4-5-7-14-10;/h10,14H,4-9H2,1-3H3,(H,15,17)(H,16,18);1H. The SMILES string of the molecule is CC(C)(C)C(=O)NCCNC(=O)C1CCCCN1.Cl. The molecule has 112 valence electrons. The van der Waals surface area contributed by atoms with Gasteiger partial charge in [0.1, 0.15) is 0 Å². The van der Waals surface area contributed by atoms with Gasteiger partial charge >= 0.3 is 0 Å². The molecule has 1 aliphatic rings. The van der Waals surface area contributed by atoms with Crippen molar-refractivity contribution in [2.45, 2.75) is 46.1 Å². The van der Waals surface area contributed by atoms with Gasteiger partial charge in [0.2, 0.25) is 11.8 Å². The third-order valence-corrected chi connectivity index (χ3v) is 3.02. The second kappa shape index (κ2) is 8.38. The molecule has 1 saturated heterocycles. The predicted molar refractivity (Wildman–Crippen MR) is 78.4 cm³/mol. The number of hydrogen-bond acceptors (Lipinski definition) is 3. The Morgan fingerprint density at radius 3 is 2.32 bits per heavy atom. The summed E-state index contributed by atoms with van der Waals surface area (Å²) in [5, 5.41) is 8.84. The number of nitrogens with one attached hydrogen (secondary N) is 3. The largest absolute Gasteiger partial charge is 0.354 e. The number of carbonyl (C=O) groups excluding carboxylic acids is 2. The highest BCUT2D eigenvalue weighted by atomic mass is 35.5. The fourth-order valence-corrected chi connectivity index (χ4v) is 1.83. The van der Waals surface area contributed by atoms with Gasteiger partial charge in [-0.1, -0.05) is 27.2 Å². The molecule has 0 aromatic heterocycles. The molecule has 6 heteroatoms. The van der Waals surface area contributed by atoms with Gasteiger partial charge in [0.15, 0.2) is 0 Å². The maximum absolute atomic E-state index is 11.8. The number of carbonyl (C=O) groups is 2. The first kappa shape index (κ1) is 18.2. The number of rotatable bonds is 4. The molecule has 1 rings (SSSR count). The minimum Gasteiger partial charge on any atom is -0.354 e. The van der Waals surface area contributed by atoms with Gasteiger partial charge in [-0.15, -0.1) is 12.4 Å². The minimum absolute atomic E-state index is 0. The van der Waals surface area contributed by atoms with Crippen molar-refractivity contribution in [3.05, 3.63) is 0 Å². The van der Waals surface area contributed by atoms with Crippen molar-refractivity contribution >= 4 is 24.2 Å². The maximum Gasteiger partial charge on any atom is 0.237 e. The van der Waals surface area contributed by atoms with Crippen molar-refractivity contribution in [2.24, 2.45) is 5.41 Å². The highest BCUT2D eigenvalue weighted by Crippen LogP contribution is 2.11. The van der Waals surface area contributed by atoms with Crippen LogP contribution in [0.3, 0.4) is 0 Å². The van der Waals surface area contributed by atoms with E-state index in [0.29, 0.717) is 13.1 Å². The van der Waals surface area contributed by atoms with Gasteiger partial charge < -0.3 is 16.0 Å². The summed E-state index contributed by atoms with van der Waals surface area (Å²) >= 11 is 0. The van der Waals surface area contributed by atoms with Crippen LogP contribution in [0.15, 0.2) is 0 Å². The summed E-state index contributed by atoms with van der Waals surface area (Å²) in [6.45, 7) is 7.48. The van der Waals surface area contributed by atoms with Crippen LogP contribution < -0.4 is 16.0 Å². The van der Waals surface area contributed by atoms with Crippen LogP contribution in [0.2, 0.25) is 0 Å². The van der Waals surface area contributed by atoms with Gasteiger partial charge in [-0.05, 0) is 19.4 Å². The van der Waals surface area contributed by atoms with E-state index in [1.54, 1.807) is 0 Å². The Kier molecular flexibility index (Phi) is 8.02. The van der Waals surface area contributed by atoms with Gasteiger partial charge in [-0.3, -0.25) is 9.59 Å². The first-order valence-corrected chi connectivity index (χ1v) is 6.70. The Hall–Kier alpha value is -0.810. The number of piperidine rings is 1. The molecule has 0 aliphatic carbocycles. The second-order valence-corrected chi connectivity index (χ2v) is 5.80. The second-order valence-electron chi connectivity index (χ2n) is 5.80. The first-order chi connectivity index (χ1) is 8.41. The van der Waals surface area contributed by atoms with E-state index in [1.165, 1.54) is 0 Å². The molecule has 0 saturated carbocycles. The van der Waals surface area contributed by atoms with Crippen molar-refractivity contribution in [1.82, 2.24) is 16.0 Å². The lowest BCUT2D eigenvalue weighted by atomic mass is 9.96. The van der Waals surface area contributed by atoms with Crippen LogP contribution in [0.25, 0.3) is 0 Å². The van der Waals surface area contributed by atoms with E-state index >= 15 is 0 Å². The normalized spacial score (nSPS) is 19.2. The molecule has 5 nitrogen and oxygen atoms in total. The molecular formula is C13H26ClN3O2. The van der Waals surface area contributed by atoms with Crippen LogP contribution in [0.5, 0.6) is 0 Å². The Morgan fingerprint density at radius 2 is 1.79 bits per heavy atom. The van der Waals surface area contributed by atoms with E-state index in [9.17, 15) is 9.59 Å². The van der Waals surface area contributed by atoms with Crippen LogP contribution in [-0.4, -0.2) is 37.5 Å². The highest BCUT2D eigenvalue weighted by molar-refractivity contribution is 5.85. The molecule has 0 radical (unpaired) electrons. The molecule has 2 amide bonds.